The number of hydrogen-bond donors (Lipinski definition) is 1. The van der Waals surface area contributed by atoms with Gasteiger partial charge in [0.25, 0.3) is 0 Å². The van der Waals surface area contributed by atoms with Crippen molar-refractivity contribution < 1.29 is 19.4 Å². The highest BCUT2D eigenvalue weighted by atomic mass is 79.9. The van der Waals surface area contributed by atoms with E-state index in [-0.39, 0.29) is 16.8 Å². The van der Waals surface area contributed by atoms with Gasteiger partial charge in [-0.1, -0.05) is 33.5 Å². The molecule has 2 bridgehead atoms. The SMILES string of the molecule is CCOC(=O)C#CC[C@@H](O)[C@]12C=C(C)C[C@](C)(OC1)[C@H]2Br. The van der Waals surface area contributed by atoms with Crippen molar-refractivity contribution in [3.8, 4) is 11.8 Å². The van der Waals surface area contributed by atoms with Gasteiger partial charge < -0.3 is 14.6 Å². The minimum absolute atomic E-state index is 0.0283. The largest absolute Gasteiger partial charge is 0.456 e. The lowest BCUT2D eigenvalue weighted by Gasteiger charge is -2.40. The summed E-state index contributed by atoms with van der Waals surface area (Å²) in [5.74, 6) is 4.55. The Balaban J connectivity index is 2.13. The molecule has 0 amide bonds. The summed E-state index contributed by atoms with van der Waals surface area (Å²) in [6.45, 7) is 6.60. The lowest BCUT2D eigenvalue weighted by atomic mass is 9.69. The first kappa shape index (κ1) is 16.5. The molecule has 1 N–H and O–H groups in total. The van der Waals surface area contributed by atoms with E-state index in [0.29, 0.717) is 13.2 Å². The van der Waals surface area contributed by atoms with Gasteiger partial charge in [0.05, 0.1) is 35.2 Å². The molecular formula is C16H21BrO4. The third kappa shape index (κ3) is 3.03. The van der Waals surface area contributed by atoms with Crippen molar-refractivity contribution in [1.82, 2.24) is 0 Å². The molecule has 1 aliphatic carbocycles. The van der Waals surface area contributed by atoms with Gasteiger partial charge in [0, 0.05) is 12.3 Å². The Hall–Kier alpha value is -0.830. The highest BCUT2D eigenvalue weighted by Gasteiger charge is 2.59. The molecule has 0 unspecified atom stereocenters. The summed E-state index contributed by atoms with van der Waals surface area (Å²) in [5.41, 5.74) is 0.428. The maximum absolute atomic E-state index is 11.2. The first-order valence-electron chi connectivity index (χ1n) is 7.14. The quantitative estimate of drug-likeness (QED) is 0.277. The normalized spacial score (nSPS) is 35.5. The van der Waals surface area contributed by atoms with E-state index in [1.807, 2.05) is 0 Å². The second-order valence-corrected chi connectivity index (χ2v) is 6.90. The van der Waals surface area contributed by atoms with Crippen molar-refractivity contribution in [3.05, 3.63) is 11.6 Å². The molecule has 0 aromatic rings. The number of carbonyl (C=O) groups excluding carboxylic acids is 1. The van der Waals surface area contributed by atoms with E-state index in [4.69, 9.17) is 9.47 Å². The average Bonchev–Trinajstić information content (AvgIpc) is 2.57. The Bertz CT molecular complexity index is 518. The number of halogens is 1. The molecule has 0 spiro atoms. The van der Waals surface area contributed by atoms with Crippen LogP contribution in [0.1, 0.15) is 33.6 Å². The zero-order valence-electron chi connectivity index (χ0n) is 12.6. The summed E-state index contributed by atoms with van der Waals surface area (Å²) in [4.78, 5) is 11.2. The average molecular weight is 357 g/mol. The van der Waals surface area contributed by atoms with E-state index in [0.717, 1.165) is 6.42 Å². The predicted octanol–water partition coefficient (Wildman–Crippen LogP) is 2.19. The van der Waals surface area contributed by atoms with Crippen LogP contribution < -0.4 is 0 Å². The van der Waals surface area contributed by atoms with E-state index in [2.05, 4.69) is 47.7 Å². The van der Waals surface area contributed by atoms with Gasteiger partial charge in [0.2, 0.25) is 0 Å². The van der Waals surface area contributed by atoms with Crippen LogP contribution in [0.15, 0.2) is 11.6 Å². The standard InChI is InChI=1S/C16H21BrO4/c1-4-20-13(19)7-5-6-12(18)16-9-11(2)8-15(3,14(16)17)21-10-16/h9,12,14,18H,4,6,8,10H2,1-3H3/t12-,14-,15+,16+/m1/s1. The van der Waals surface area contributed by atoms with Gasteiger partial charge >= 0.3 is 5.97 Å². The molecule has 5 heteroatoms. The molecule has 0 aromatic heterocycles. The topological polar surface area (TPSA) is 55.8 Å². The molecule has 1 fully saturated rings. The minimum Gasteiger partial charge on any atom is -0.456 e. The number of hydrogen-bond acceptors (Lipinski definition) is 4. The van der Waals surface area contributed by atoms with Crippen LogP contribution in [0.3, 0.4) is 0 Å². The fourth-order valence-corrected chi connectivity index (χ4v) is 4.13. The molecular weight excluding hydrogens is 336 g/mol. The summed E-state index contributed by atoms with van der Waals surface area (Å²) >= 11 is 3.70. The van der Waals surface area contributed by atoms with Crippen molar-refractivity contribution in [2.24, 2.45) is 5.41 Å². The first-order valence-corrected chi connectivity index (χ1v) is 8.05. The maximum atomic E-state index is 11.2. The van der Waals surface area contributed by atoms with Crippen molar-refractivity contribution in [2.45, 2.75) is 50.1 Å². The number of rotatable bonds is 3. The molecule has 4 atom stereocenters. The van der Waals surface area contributed by atoms with Gasteiger partial charge in [0.15, 0.2) is 0 Å². The number of fused-ring (bicyclic) bond motifs is 2. The second kappa shape index (κ2) is 6.12. The van der Waals surface area contributed by atoms with Crippen LogP contribution in [0.4, 0.5) is 0 Å². The fraction of sp³-hybridized carbons (Fsp3) is 0.688. The van der Waals surface area contributed by atoms with Crippen molar-refractivity contribution in [2.75, 3.05) is 13.2 Å². The van der Waals surface area contributed by atoms with E-state index >= 15 is 0 Å². The van der Waals surface area contributed by atoms with Crippen LogP contribution >= 0.6 is 15.9 Å². The molecule has 21 heavy (non-hydrogen) atoms. The molecule has 2 rings (SSSR count). The van der Waals surface area contributed by atoms with Crippen LogP contribution in [0.5, 0.6) is 0 Å². The Labute approximate surface area is 134 Å². The molecule has 1 aliphatic heterocycles. The zero-order chi connectivity index (χ0) is 15.7. The van der Waals surface area contributed by atoms with Crippen LogP contribution in [0, 0.1) is 17.3 Å². The minimum atomic E-state index is -0.694. The molecule has 0 radical (unpaired) electrons. The molecule has 4 nitrogen and oxygen atoms in total. The van der Waals surface area contributed by atoms with E-state index in [1.54, 1.807) is 6.92 Å². The number of aliphatic hydroxyl groups excluding tert-OH is 1. The van der Waals surface area contributed by atoms with Crippen LogP contribution in [0.25, 0.3) is 0 Å². The molecule has 0 aromatic carbocycles. The smallest absolute Gasteiger partial charge is 0.384 e. The van der Waals surface area contributed by atoms with E-state index in [1.165, 1.54) is 5.57 Å². The Morgan fingerprint density at radius 2 is 2.43 bits per heavy atom. The number of ether oxygens (including phenoxy) is 2. The number of alkyl halides is 1. The summed E-state index contributed by atoms with van der Waals surface area (Å²) in [5, 5.41) is 10.6. The predicted molar refractivity (Wildman–Crippen MR) is 82.9 cm³/mol. The summed E-state index contributed by atoms with van der Waals surface area (Å²) in [6.07, 6.45) is 2.47. The summed E-state index contributed by atoms with van der Waals surface area (Å²) < 4.78 is 10.7. The maximum Gasteiger partial charge on any atom is 0.384 e. The highest BCUT2D eigenvalue weighted by Crippen LogP contribution is 2.54. The molecule has 116 valence electrons. The van der Waals surface area contributed by atoms with Gasteiger partial charge in [-0.2, -0.15) is 0 Å². The third-order valence-corrected chi connectivity index (χ3v) is 6.01. The summed E-state index contributed by atoms with van der Waals surface area (Å²) in [7, 11) is 0. The molecule has 2 aliphatic rings. The number of carbonyl (C=O) groups is 1. The lowest BCUT2D eigenvalue weighted by Crippen LogP contribution is -2.48. The Kier molecular flexibility index (Phi) is 4.82. The van der Waals surface area contributed by atoms with Gasteiger partial charge in [-0.3, -0.25) is 0 Å². The summed E-state index contributed by atoms with van der Waals surface area (Å²) in [6, 6.07) is 0. The lowest BCUT2D eigenvalue weighted by molar-refractivity contribution is -0.136. The van der Waals surface area contributed by atoms with Crippen LogP contribution in [0.2, 0.25) is 0 Å². The van der Waals surface area contributed by atoms with Crippen molar-refractivity contribution in [1.29, 1.82) is 0 Å². The number of esters is 1. The molecule has 1 heterocycles. The fourth-order valence-electron chi connectivity index (χ4n) is 3.26. The van der Waals surface area contributed by atoms with Crippen molar-refractivity contribution in [3.63, 3.8) is 0 Å². The Morgan fingerprint density at radius 1 is 1.71 bits per heavy atom. The Morgan fingerprint density at radius 3 is 3.10 bits per heavy atom. The number of aliphatic hydroxyl groups is 1. The van der Waals surface area contributed by atoms with Crippen molar-refractivity contribution >= 4 is 21.9 Å². The van der Waals surface area contributed by atoms with Gasteiger partial charge in [0.1, 0.15) is 0 Å². The zero-order valence-corrected chi connectivity index (χ0v) is 14.2. The van der Waals surface area contributed by atoms with Crippen LogP contribution in [-0.4, -0.2) is 40.8 Å². The van der Waals surface area contributed by atoms with Gasteiger partial charge in [-0.15, -0.1) is 0 Å². The molecule has 1 saturated heterocycles. The second-order valence-electron chi connectivity index (χ2n) is 5.99. The van der Waals surface area contributed by atoms with E-state index < -0.39 is 17.5 Å². The monoisotopic (exact) mass is 356 g/mol. The van der Waals surface area contributed by atoms with Crippen LogP contribution in [-0.2, 0) is 14.3 Å². The first-order chi connectivity index (χ1) is 9.84. The third-order valence-electron chi connectivity index (χ3n) is 4.19. The van der Waals surface area contributed by atoms with Gasteiger partial charge in [-0.05, 0) is 27.2 Å². The van der Waals surface area contributed by atoms with Gasteiger partial charge in [-0.25, -0.2) is 4.79 Å². The van der Waals surface area contributed by atoms with E-state index in [9.17, 15) is 9.90 Å². The molecule has 0 saturated carbocycles. The highest BCUT2D eigenvalue weighted by molar-refractivity contribution is 9.09.